The van der Waals surface area contributed by atoms with Crippen molar-refractivity contribution < 1.29 is 9.18 Å². The molecule has 0 atom stereocenters. The molecule has 2 aromatic rings. The zero-order chi connectivity index (χ0) is 13.1. The summed E-state index contributed by atoms with van der Waals surface area (Å²) < 4.78 is 13.5. The number of hydrogen-bond acceptors (Lipinski definition) is 2. The van der Waals surface area contributed by atoms with Gasteiger partial charge in [0.25, 0.3) is 5.91 Å². The Balaban J connectivity index is 2.27. The number of benzene rings is 2. The molecule has 0 unspecified atom stereocenters. The fourth-order valence-corrected chi connectivity index (χ4v) is 1.96. The van der Waals surface area contributed by atoms with Crippen molar-refractivity contribution in [3.63, 3.8) is 0 Å². The number of rotatable bonds is 2. The van der Waals surface area contributed by atoms with Crippen LogP contribution in [0.15, 0.2) is 46.9 Å². The molecule has 0 aliphatic carbocycles. The van der Waals surface area contributed by atoms with Crippen LogP contribution in [0.25, 0.3) is 0 Å². The normalized spacial score (nSPS) is 10.1. The van der Waals surface area contributed by atoms with Gasteiger partial charge in [-0.3, -0.25) is 4.79 Å². The number of para-hydroxylation sites is 1. The quantitative estimate of drug-likeness (QED) is 0.835. The molecule has 0 bridgehead atoms. The molecule has 0 spiro atoms. The zero-order valence-corrected chi connectivity index (χ0v) is 10.9. The molecule has 0 radical (unpaired) electrons. The summed E-state index contributed by atoms with van der Waals surface area (Å²) in [7, 11) is 0. The van der Waals surface area contributed by atoms with Crippen LogP contribution in [-0.4, -0.2) is 5.91 Å². The third-order valence-corrected chi connectivity index (χ3v) is 3.02. The lowest BCUT2D eigenvalue weighted by Gasteiger charge is -2.08. The first-order valence-electron chi connectivity index (χ1n) is 5.19. The summed E-state index contributed by atoms with van der Waals surface area (Å²) in [6, 6.07) is 11.5. The molecule has 0 aliphatic rings. The third-order valence-electron chi connectivity index (χ3n) is 2.36. The molecule has 92 valence electrons. The van der Waals surface area contributed by atoms with Gasteiger partial charge in [0.2, 0.25) is 0 Å². The van der Waals surface area contributed by atoms with E-state index in [1.54, 1.807) is 12.1 Å². The Bertz CT molecular complexity index is 587. The molecule has 1 amide bonds. The average Bonchev–Trinajstić information content (AvgIpc) is 2.35. The number of anilines is 2. The van der Waals surface area contributed by atoms with E-state index in [1.165, 1.54) is 12.1 Å². The van der Waals surface area contributed by atoms with Crippen LogP contribution in [0.3, 0.4) is 0 Å². The minimum Gasteiger partial charge on any atom is -0.396 e. The van der Waals surface area contributed by atoms with Crippen LogP contribution in [0.4, 0.5) is 15.8 Å². The molecule has 3 N–H and O–H groups in total. The second-order valence-electron chi connectivity index (χ2n) is 3.67. The summed E-state index contributed by atoms with van der Waals surface area (Å²) in [5.74, 6) is -0.905. The van der Waals surface area contributed by atoms with Crippen LogP contribution in [0.5, 0.6) is 0 Å². The van der Waals surface area contributed by atoms with Crippen molar-refractivity contribution in [1.82, 2.24) is 0 Å². The fourth-order valence-electron chi connectivity index (χ4n) is 1.46. The number of nitrogen functional groups attached to an aromatic ring is 1. The Labute approximate surface area is 112 Å². The number of amides is 1. The lowest BCUT2D eigenvalue weighted by Crippen LogP contribution is -2.13. The molecular weight excluding hydrogens is 299 g/mol. The van der Waals surface area contributed by atoms with Gasteiger partial charge in [0.1, 0.15) is 5.82 Å². The number of carbonyl (C=O) groups is 1. The monoisotopic (exact) mass is 308 g/mol. The molecule has 3 nitrogen and oxygen atoms in total. The van der Waals surface area contributed by atoms with Crippen molar-refractivity contribution >= 4 is 33.2 Å². The largest absolute Gasteiger partial charge is 0.396 e. The summed E-state index contributed by atoms with van der Waals surface area (Å²) in [6.45, 7) is 0. The molecule has 0 fully saturated rings. The average molecular weight is 309 g/mol. The van der Waals surface area contributed by atoms with E-state index in [0.717, 1.165) is 0 Å². The highest BCUT2D eigenvalue weighted by Gasteiger charge is 2.13. The van der Waals surface area contributed by atoms with Gasteiger partial charge in [0, 0.05) is 10.2 Å². The highest BCUT2D eigenvalue weighted by Crippen LogP contribution is 2.23. The van der Waals surface area contributed by atoms with Gasteiger partial charge in [-0.05, 0) is 40.2 Å². The lowest BCUT2D eigenvalue weighted by atomic mass is 10.1. The second-order valence-corrected chi connectivity index (χ2v) is 4.53. The smallest absolute Gasteiger partial charge is 0.256 e. The van der Waals surface area contributed by atoms with E-state index in [4.69, 9.17) is 5.73 Å². The van der Waals surface area contributed by atoms with Crippen LogP contribution < -0.4 is 11.1 Å². The first-order valence-corrected chi connectivity index (χ1v) is 5.98. The summed E-state index contributed by atoms with van der Waals surface area (Å²) in [4.78, 5) is 12.0. The minimum atomic E-state index is -0.557. The summed E-state index contributed by atoms with van der Waals surface area (Å²) in [6.07, 6.45) is 0. The molecule has 5 heteroatoms. The van der Waals surface area contributed by atoms with E-state index in [9.17, 15) is 9.18 Å². The molecule has 0 saturated carbocycles. The van der Waals surface area contributed by atoms with Gasteiger partial charge in [-0.25, -0.2) is 4.39 Å². The van der Waals surface area contributed by atoms with Crippen molar-refractivity contribution in [3.05, 3.63) is 58.3 Å². The van der Waals surface area contributed by atoms with Crippen molar-refractivity contribution in [3.8, 4) is 0 Å². The van der Waals surface area contributed by atoms with Crippen molar-refractivity contribution in [1.29, 1.82) is 0 Å². The number of halogens is 2. The Morgan fingerprint density at radius 3 is 2.56 bits per heavy atom. The Hall–Kier alpha value is -1.88. The maximum absolute atomic E-state index is 13.2. The molecule has 0 heterocycles. The Morgan fingerprint density at radius 1 is 1.22 bits per heavy atom. The van der Waals surface area contributed by atoms with E-state index >= 15 is 0 Å². The molecular formula is C13H10BrFN2O. The topological polar surface area (TPSA) is 55.1 Å². The van der Waals surface area contributed by atoms with Crippen molar-refractivity contribution in [2.75, 3.05) is 11.1 Å². The summed E-state index contributed by atoms with van der Waals surface area (Å²) in [5.41, 5.74) is 6.34. The van der Waals surface area contributed by atoms with E-state index in [0.29, 0.717) is 10.2 Å². The van der Waals surface area contributed by atoms with Crippen molar-refractivity contribution in [2.24, 2.45) is 0 Å². The Morgan fingerprint density at radius 2 is 1.89 bits per heavy atom. The van der Waals surface area contributed by atoms with Crippen LogP contribution in [-0.2, 0) is 0 Å². The highest BCUT2D eigenvalue weighted by atomic mass is 79.9. The molecule has 0 aromatic heterocycles. The molecule has 0 saturated heterocycles. The number of nitrogens with one attached hydrogen (secondary N) is 1. The van der Waals surface area contributed by atoms with Gasteiger partial charge in [-0.15, -0.1) is 0 Å². The van der Waals surface area contributed by atoms with Gasteiger partial charge in [-0.1, -0.05) is 18.2 Å². The van der Waals surface area contributed by atoms with Gasteiger partial charge in [0.15, 0.2) is 0 Å². The standard InChI is InChI=1S/C13H10BrFN2O/c14-10-7-11(15)12(16)6-9(10)13(18)17-8-4-2-1-3-5-8/h1-7H,16H2,(H,17,18). The molecule has 18 heavy (non-hydrogen) atoms. The van der Waals surface area contributed by atoms with Gasteiger partial charge >= 0.3 is 0 Å². The number of nitrogens with two attached hydrogens (primary N) is 1. The maximum atomic E-state index is 13.2. The predicted molar refractivity (Wildman–Crippen MR) is 72.9 cm³/mol. The lowest BCUT2D eigenvalue weighted by molar-refractivity contribution is 0.102. The van der Waals surface area contributed by atoms with Crippen LogP contribution in [0.1, 0.15) is 10.4 Å². The van der Waals surface area contributed by atoms with Gasteiger partial charge < -0.3 is 11.1 Å². The van der Waals surface area contributed by atoms with E-state index in [2.05, 4.69) is 21.2 Å². The highest BCUT2D eigenvalue weighted by molar-refractivity contribution is 9.10. The second kappa shape index (κ2) is 5.18. The maximum Gasteiger partial charge on any atom is 0.256 e. The first kappa shape index (κ1) is 12.6. The van der Waals surface area contributed by atoms with Crippen LogP contribution >= 0.6 is 15.9 Å². The predicted octanol–water partition coefficient (Wildman–Crippen LogP) is 3.42. The summed E-state index contributed by atoms with van der Waals surface area (Å²) >= 11 is 3.14. The van der Waals surface area contributed by atoms with Crippen molar-refractivity contribution in [2.45, 2.75) is 0 Å². The number of hydrogen-bond donors (Lipinski definition) is 2. The van der Waals surface area contributed by atoms with Crippen LogP contribution in [0, 0.1) is 5.82 Å². The van der Waals surface area contributed by atoms with E-state index in [1.807, 2.05) is 18.2 Å². The minimum absolute atomic E-state index is 0.0589. The van der Waals surface area contributed by atoms with Crippen LogP contribution in [0.2, 0.25) is 0 Å². The third kappa shape index (κ3) is 2.68. The van der Waals surface area contributed by atoms with Gasteiger partial charge in [0.05, 0.1) is 11.3 Å². The Kier molecular flexibility index (Phi) is 3.62. The van der Waals surface area contributed by atoms with Gasteiger partial charge in [-0.2, -0.15) is 0 Å². The fraction of sp³-hybridized carbons (Fsp3) is 0. The SMILES string of the molecule is Nc1cc(C(=O)Nc2ccccc2)c(Br)cc1F. The van der Waals surface area contributed by atoms with E-state index in [-0.39, 0.29) is 17.2 Å². The molecule has 0 aliphatic heterocycles. The summed E-state index contributed by atoms with van der Waals surface area (Å²) in [5, 5.41) is 2.70. The molecule has 2 aromatic carbocycles. The number of carbonyl (C=O) groups excluding carboxylic acids is 1. The first-order chi connectivity index (χ1) is 8.58. The molecule has 2 rings (SSSR count). The van der Waals surface area contributed by atoms with E-state index < -0.39 is 5.82 Å². The zero-order valence-electron chi connectivity index (χ0n) is 9.28.